The summed E-state index contributed by atoms with van der Waals surface area (Å²) >= 11 is 0. The Labute approximate surface area is 255 Å². The van der Waals surface area contributed by atoms with Gasteiger partial charge in [-0.15, -0.1) is 0 Å². The molecule has 1 aliphatic heterocycles. The van der Waals surface area contributed by atoms with Crippen molar-refractivity contribution in [1.82, 2.24) is 25.2 Å². The van der Waals surface area contributed by atoms with Crippen molar-refractivity contribution < 1.29 is 17.6 Å². The van der Waals surface area contributed by atoms with Crippen LogP contribution < -0.4 is 10.6 Å². The molecule has 6 rings (SSSR count). The van der Waals surface area contributed by atoms with E-state index in [4.69, 9.17) is 5.26 Å². The van der Waals surface area contributed by atoms with E-state index in [1.54, 1.807) is 0 Å². The molecule has 8 nitrogen and oxygen atoms in total. The van der Waals surface area contributed by atoms with Crippen molar-refractivity contribution in [2.24, 2.45) is 0 Å². The minimum atomic E-state index is -3.99. The van der Waals surface area contributed by atoms with Crippen molar-refractivity contribution >= 4 is 5.69 Å². The van der Waals surface area contributed by atoms with E-state index in [2.05, 4.69) is 26.4 Å². The molecule has 0 saturated carbocycles. The molecule has 2 aromatic heterocycles. The highest BCUT2D eigenvalue weighted by Crippen LogP contribution is 2.47. The predicted octanol–water partition coefficient (Wildman–Crippen LogP) is 6.12. The number of nitriles is 1. The van der Waals surface area contributed by atoms with Gasteiger partial charge in [0.05, 0.1) is 11.6 Å². The minimum Gasteiger partial charge on any atom is -0.371 e. The Morgan fingerprint density at radius 1 is 0.933 bits per heavy atom. The highest BCUT2D eigenvalue weighted by Gasteiger charge is 2.58. The Kier molecular flexibility index (Phi) is 7.70. The lowest BCUT2D eigenvalue weighted by molar-refractivity contribution is -0.104. The van der Waals surface area contributed by atoms with E-state index in [1.165, 1.54) is 17.8 Å². The van der Waals surface area contributed by atoms with E-state index < -0.39 is 40.0 Å². The molecule has 5 aromatic rings. The Balaban J connectivity index is 1.21. The van der Waals surface area contributed by atoms with Crippen molar-refractivity contribution in [1.29, 1.82) is 5.26 Å². The highest BCUT2D eigenvalue weighted by atomic mass is 19.3. The molecule has 228 valence electrons. The van der Waals surface area contributed by atoms with Gasteiger partial charge in [0.15, 0.2) is 5.54 Å². The summed E-state index contributed by atoms with van der Waals surface area (Å²) < 4.78 is 61.5. The molecule has 1 fully saturated rings. The fraction of sp³-hybridized carbons (Fsp3) is 0.242. The zero-order valence-corrected chi connectivity index (χ0v) is 24.1. The first-order chi connectivity index (χ1) is 21.6. The van der Waals surface area contributed by atoms with Crippen LogP contribution in [0.5, 0.6) is 0 Å². The third-order valence-electron chi connectivity index (χ3n) is 8.62. The maximum absolute atomic E-state index is 16.3. The third kappa shape index (κ3) is 5.35. The summed E-state index contributed by atoms with van der Waals surface area (Å²) in [5.74, 6) is -5.79. The van der Waals surface area contributed by atoms with Gasteiger partial charge in [-0.3, -0.25) is 4.98 Å². The summed E-state index contributed by atoms with van der Waals surface area (Å²) in [5, 5.41) is 17.8. The fourth-order valence-electron chi connectivity index (χ4n) is 5.96. The fourth-order valence-corrected chi connectivity index (χ4v) is 5.96. The van der Waals surface area contributed by atoms with Crippen molar-refractivity contribution in [2.45, 2.75) is 37.1 Å². The molecule has 1 N–H and O–H groups in total. The van der Waals surface area contributed by atoms with Gasteiger partial charge in [-0.05, 0) is 83.6 Å². The monoisotopic (exact) mass is 613 g/mol. The van der Waals surface area contributed by atoms with Crippen LogP contribution in [0.1, 0.15) is 48.1 Å². The van der Waals surface area contributed by atoms with E-state index in [1.807, 2.05) is 53.6 Å². The number of benzene rings is 3. The van der Waals surface area contributed by atoms with Crippen LogP contribution in [0.25, 0.3) is 11.1 Å². The summed E-state index contributed by atoms with van der Waals surface area (Å²) in [6, 6.07) is 22.4. The second-order valence-electron chi connectivity index (χ2n) is 11.2. The second kappa shape index (κ2) is 11.6. The van der Waals surface area contributed by atoms with Crippen molar-refractivity contribution in [3.8, 4) is 17.2 Å². The average Bonchev–Trinajstić information content (AvgIpc) is 3.51. The van der Waals surface area contributed by atoms with Gasteiger partial charge in [-0.1, -0.05) is 36.4 Å². The first kappa shape index (κ1) is 29.7. The van der Waals surface area contributed by atoms with Crippen LogP contribution >= 0.6 is 0 Å². The van der Waals surface area contributed by atoms with Gasteiger partial charge in [0.1, 0.15) is 17.3 Å². The van der Waals surface area contributed by atoms with Crippen LogP contribution in [0.3, 0.4) is 0 Å². The molecule has 0 amide bonds. The third-order valence-corrected chi connectivity index (χ3v) is 8.62. The summed E-state index contributed by atoms with van der Waals surface area (Å²) in [4.78, 5) is 18.7. The first-order valence-electron chi connectivity index (χ1n) is 14.3. The summed E-state index contributed by atoms with van der Waals surface area (Å²) in [6.45, 7) is 2.67. The summed E-state index contributed by atoms with van der Waals surface area (Å²) in [5.41, 5.74) is -0.972. The van der Waals surface area contributed by atoms with Crippen LogP contribution in [-0.4, -0.2) is 38.3 Å². The number of nitrogens with zero attached hydrogens (tertiary/aromatic N) is 6. The first-order valence-corrected chi connectivity index (χ1v) is 14.3. The van der Waals surface area contributed by atoms with Gasteiger partial charge >= 0.3 is 11.6 Å². The molecule has 0 aliphatic carbocycles. The Hall–Kier alpha value is -5.31. The molecular formula is C33H27F4N7O. The van der Waals surface area contributed by atoms with E-state index in [9.17, 15) is 13.6 Å². The number of aromatic nitrogens is 5. The maximum atomic E-state index is 16.3. The van der Waals surface area contributed by atoms with Crippen LogP contribution in [0.15, 0.2) is 89.9 Å². The molecule has 1 atom stereocenters. The Bertz CT molecular complexity index is 1910. The van der Waals surface area contributed by atoms with Gasteiger partial charge in [0.2, 0.25) is 0 Å². The van der Waals surface area contributed by atoms with Crippen molar-refractivity contribution in [3.63, 3.8) is 0 Å². The number of aromatic amines is 1. The van der Waals surface area contributed by atoms with Gasteiger partial charge < -0.3 is 4.90 Å². The number of halogens is 4. The van der Waals surface area contributed by atoms with Crippen LogP contribution in [0.2, 0.25) is 0 Å². The molecule has 1 saturated heterocycles. The summed E-state index contributed by atoms with van der Waals surface area (Å²) in [7, 11) is 0. The van der Waals surface area contributed by atoms with Gasteiger partial charge in [-0.2, -0.15) is 18.7 Å². The topological polar surface area (TPSA) is 103 Å². The number of alkyl halides is 2. The number of hydrogen-bond acceptors (Lipinski definition) is 6. The van der Waals surface area contributed by atoms with E-state index in [-0.39, 0.29) is 0 Å². The number of anilines is 1. The molecule has 0 radical (unpaired) electrons. The number of H-pyrrole nitrogens is 1. The molecule has 12 heteroatoms. The number of hydrogen-bond donors (Lipinski definition) is 1. The lowest BCUT2D eigenvalue weighted by Crippen LogP contribution is -2.52. The van der Waals surface area contributed by atoms with Crippen LogP contribution in [-0.2, 0) is 11.5 Å². The summed E-state index contributed by atoms with van der Waals surface area (Å²) in [6.07, 6.45) is 3.25. The lowest BCUT2D eigenvalue weighted by atomic mass is 9.83. The molecule has 45 heavy (non-hydrogen) atoms. The van der Waals surface area contributed by atoms with Gasteiger partial charge in [-0.25, -0.2) is 18.7 Å². The molecule has 0 bridgehead atoms. The number of piperidine rings is 1. The molecular weight excluding hydrogens is 586 g/mol. The standard InChI is InChI=1S/C33H27F4N7O/c1-32(44-31(45)40-41-42-44,28-12-9-26(34)18-29(28)35)33(36,37)30-13-8-25(20-39-30)23-6-10-27(11-7-23)43-16-14-24(15-17-43)22-4-2-21(19-38)3-5-22/h2-13,18,20,24H,14-17H2,1H3,(H,40,42,45)/t32-/m1/s1. The average molecular weight is 614 g/mol. The Morgan fingerprint density at radius 3 is 2.20 bits per heavy atom. The number of tetrazole rings is 1. The maximum Gasteiger partial charge on any atom is 0.362 e. The van der Waals surface area contributed by atoms with E-state index in [0.717, 1.165) is 62.3 Å². The second-order valence-corrected chi connectivity index (χ2v) is 11.2. The molecule has 3 heterocycles. The smallest absolute Gasteiger partial charge is 0.362 e. The van der Waals surface area contributed by atoms with E-state index >= 15 is 8.78 Å². The van der Waals surface area contributed by atoms with Crippen LogP contribution in [0, 0.1) is 23.0 Å². The quantitative estimate of drug-likeness (QED) is 0.222. The zero-order chi connectivity index (χ0) is 31.8. The molecule has 1 aliphatic rings. The van der Waals surface area contributed by atoms with Crippen molar-refractivity contribution in [3.05, 3.63) is 130 Å². The highest BCUT2D eigenvalue weighted by molar-refractivity contribution is 5.66. The number of pyridine rings is 1. The van der Waals surface area contributed by atoms with Gasteiger partial charge in [0.25, 0.3) is 0 Å². The SMILES string of the molecule is C[C@](c1ccc(F)cc1F)(n1nn[nH]c1=O)C(F)(F)c1ccc(-c2ccc(N3CCC(c4ccc(C#N)cc4)CC3)cc2)cn1. The zero-order valence-electron chi connectivity index (χ0n) is 24.1. The largest absolute Gasteiger partial charge is 0.371 e. The molecule has 0 unspecified atom stereocenters. The van der Waals surface area contributed by atoms with Crippen molar-refractivity contribution in [2.75, 3.05) is 18.0 Å². The predicted molar refractivity (Wildman–Crippen MR) is 159 cm³/mol. The minimum absolute atomic E-state index is 0.338. The van der Waals surface area contributed by atoms with Crippen LogP contribution in [0.4, 0.5) is 23.2 Å². The molecule has 0 spiro atoms. The van der Waals surface area contributed by atoms with E-state index in [0.29, 0.717) is 27.8 Å². The number of rotatable bonds is 7. The Morgan fingerprint density at radius 2 is 1.62 bits per heavy atom. The normalized spacial score (nSPS) is 15.4. The lowest BCUT2D eigenvalue weighted by Gasteiger charge is -2.36. The van der Waals surface area contributed by atoms with Gasteiger partial charge in [0, 0.05) is 42.2 Å². The molecule has 3 aromatic carbocycles. The number of nitrogens with one attached hydrogen (secondary N) is 1.